The summed E-state index contributed by atoms with van der Waals surface area (Å²) < 4.78 is 7.40. The number of ether oxygens (including phenoxy) is 1. The van der Waals surface area contributed by atoms with Crippen LogP contribution in [0.15, 0.2) is 42.7 Å². The van der Waals surface area contributed by atoms with Gasteiger partial charge in [-0.05, 0) is 24.6 Å². The molecule has 4 aromatic rings. The van der Waals surface area contributed by atoms with Crippen molar-refractivity contribution in [2.45, 2.75) is 26.2 Å². The van der Waals surface area contributed by atoms with E-state index in [1.807, 2.05) is 41.8 Å². The van der Waals surface area contributed by atoms with Crippen molar-refractivity contribution in [3.05, 3.63) is 48.5 Å². The lowest BCUT2D eigenvalue weighted by Gasteiger charge is -2.14. The lowest BCUT2D eigenvalue weighted by atomic mass is 10.0. The molecule has 0 aliphatic heterocycles. The Labute approximate surface area is 167 Å². The van der Waals surface area contributed by atoms with E-state index in [2.05, 4.69) is 15.0 Å². The molecule has 3 heterocycles. The highest BCUT2D eigenvalue weighted by atomic mass is 16.5. The first kappa shape index (κ1) is 19.3. The summed E-state index contributed by atoms with van der Waals surface area (Å²) in [6, 6.07) is 9.80. The number of aliphatic hydroxyl groups excluding tert-OH is 2. The van der Waals surface area contributed by atoms with Crippen LogP contribution in [0.4, 0.5) is 5.82 Å². The Balaban J connectivity index is 1.94. The molecular weight excluding hydrogens is 370 g/mol. The first-order chi connectivity index (χ1) is 14.1. The second-order valence-corrected chi connectivity index (χ2v) is 6.78. The van der Waals surface area contributed by atoms with E-state index >= 15 is 0 Å². The molecule has 0 saturated carbocycles. The molecule has 150 valence electrons. The van der Waals surface area contributed by atoms with Crippen LogP contribution < -0.4 is 5.73 Å². The smallest absolute Gasteiger partial charge is 0.152 e. The van der Waals surface area contributed by atoms with Crippen molar-refractivity contribution in [3.8, 4) is 11.1 Å². The Hall–Kier alpha value is -3.07. The van der Waals surface area contributed by atoms with Gasteiger partial charge in [0.05, 0.1) is 30.3 Å². The molecule has 0 bridgehead atoms. The quantitative estimate of drug-likeness (QED) is 0.440. The molecule has 0 fully saturated rings. The van der Waals surface area contributed by atoms with Crippen molar-refractivity contribution in [2.24, 2.45) is 0 Å². The van der Waals surface area contributed by atoms with E-state index in [1.54, 1.807) is 12.4 Å². The molecule has 4 N–H and O–H groups in total. The second kappa shape index (κ2) is 8.12. The summed E-state index contributed by atoms with van der Waals surface area (Å²) in [7, 11) is 0. The predicted molar refractivity (Wildman–Crippen MR) is 111 cm³/mol. The number of aliphatic hydroxyl groups is 2. The highest BCUT2D eigenvalue weighted by Gasteiger charge is 2.19. The van der Waals surface area contributed by atoms with Crippen LogP contribution in [0.25, 0.3) is 33.1 Å². The molecule has 3 aromatic heterocycles. The summed E-state index contributed by atoms with van der Waals surface area (Å²) in [5, 5.41) is 20.3. The predicted octanol–water partition coefficient (Wildman–Crippen LogP) is 2.12. The molecule has 0 amide bonds. The molecule has 1 aromatic carbocycles. The average Bonchev–Trinajstić information content (AvgIpc) is 3.11. The maximum Gasteiger partial charge on any atom is 0.152 e. The van der Waals surface area contributed by atoms with Gasteiger partial charge >= 0.3 is 0 Å². The number of rotatable bonds is 7. The minimum atomic E-state index is -0.924. The van der Waals surface area contributed by atoms with E-state index in [-0.39, 0.29) is 19.8 Å². The van der Waals surface area contributed by atoms with Gasteiger partial charge in [0.2, 0.25) is 0 Å². The molecule has 0 unspecified atom stereocenters. The van der Waals surface area contributed by atoms with Gasteiger partial charge in [-0.25, -0.2) is 9.97 Å². The minimum absolute atomic E-state index is 0.179. The minimum Gasteiger partial charge on any atom is -0.394 e. The molecule has 0 radical (unpaired) electrons. The van der Waals surface area contributed by atoms with Crippen LogP contribution in [0.5, 0.6) is 0 Å². The van der Waals surface area contributed by atoms with Crippen molar-refractivity contribution >= 4 is 27.8 Å². The molecule has 0 aliphatic rings. The lowest BCUT2D eigenvalue weighted by molar-refractivity contribution is 0.0774. The highest BCUT2D eigenvalue weighted by molar-refractivity contribution is 6.07. The number of fused-ring (bicyclic) bond motifs is 3. The van der Waals surface area contributed by atoms with Crippen molar-refractivity contribution in [3.63, 3.8) is 0 Å². The monoisotopic (exact) mass is 393 g/mol. The number of benzene rings is 1. The van der Waals surface area contributed by atoms with E-state index in [1.165, 1.54) is 0 Å². The lowest BCUT2D eigenvalue weighted by Crippen LogP contribution is -2.21. The van der Waals surface area contributed by atoms with Gasteiger partial charge in [-0.15, -0.1) is 0 Å². The Morgan fingerprint density at radius 2 is 2.07 bits per heavy atom. The number of nitrogen functional groups attached to an aromatic ring is 1. The zero-order valence-electron chi connectivity index (χ0n) is 16.1. The molecule has 8 nitrogen and oxygen atoms in total. The summed E-state index contributed by atoms with van der Waals surface area (Å²) in [5.74, 6) is 0.942. The molecule has 0 aliphatic carbocycles. The first-order valence-electron chi connectivity index (χ1n) is 9.47. The number of nitrogens with zero attached hydrogens (tertiary/aromatic N) is 4. The average molecular weight is 393 g/mol. The molecular formula is C21H23N5O3. The Kier molecular flexibility index (Phi) is 5.39. The number of aromatic nitrogens is 4. The van der Waals surface area contributed by atoms with E-state index in [0.29, 0.717) is 23.8 Å². The third kappa shape index (κ3) is 3.65. The van der Waals surface area contributed by atoms with Crippen molar-refractivity contribution < 1.29 is 14.9 Å². The van der Waals surface area contributed by atoms with Crippen LogP contribution in [0.1, 0.15) is 12.7 Å². The number of anilines is 1. The Bertz CT molecular complexity index is 1140. The number of imidazole rings is 1. The highest BCUT2D eigenvalue weighted by Crippen LogP contribution is 2.32. The summed E-state index contributed by atoms with van der Waals surface area (Å²) in [4.78, 5) is 13.3. The fourth-order valence-corrected chi connectivity index (χ4v) is 3.44. The van der Waals surface area contributed by atoms with Crippen molar-refractivity contribution in [1.29, 1.82) is 0 Å². The largest absolute Gasteiger partial charge is 0.394 e. The SMILES string of the molecule is CCOCc1nc2c(N)nc3cc(-c4cccnc4)ccc3c2n1C[C@H](O)CO. The van der Waals surface area contributed by atoms with Gasteiger partial charge in [-0.1, -0.05) is 18.2 Å². The van der Waals surface area contributed by atoms with Crippen LogP contribution in [0.2, 0.25) is 0 Å². The molecule has 1 atom stereocenters. The Morgan fingerprint density at radius 3 is 2.79 bits per heavy atom. The van der Waals surface area contributed by atoms with Crippen LogP contribution >= 0.6 is 0 Å². The van der Waals surface area contributed by atoms with Crippen molar-refractivity contribution in [1.82, 2.24) is 19.5 Å². The van der Waals surface area contributed by atoms with Gasteiger partial charge in [-0.2, -0.15) is 0 Å². The van der Waals surface area contributed by atoms with Gasteiger partial charge < -0.3 is 25.3 Å². The van der Waals surface area contributed by atoms with E-state index < -0.39 is 6.10 Å². The normalized spacial score (nSPS) is 12.7. The summed E-state index contributed by atoms with van der Waals surface area (Å²) in [6.07, 6.45) is 2.60. The standard InChI is InChI=1S/C21H23N5O3/c1-2-29-12-18-25-19-20(26(18)10-15(28)11-27)16-6-5-13(8-17(16)24-21(19)22)14-4-3-7-23-9-14/h3-9,15,27-28H,2,10-12H2,1H3,(H2,22,24)/t15-/m0/s1. The van der Waals surface area contributed by atoms with Gasteiger partial charge in [0.25, 0.3) is 0 Å². The Morgan fingerprint density at radius 1 is 1.21 bits per heavy atom. The third-order valence-corrected chi connectivity index (χ3v) is 4.82. The van der Waals surface area contributed by atoms with Crippen LogP contribution in [0.3, 0.4) is 0 Å². The molecule has 0 spiro atoms. The molecule has 0 saturated heterocycles. The van der Waals surface area contributed by atoms with E-state index in [9.17, 15) is 10.2 Å². The van der Waals surface area contributed by atoms with Gasteiger partial charge in [0, 0.05) is 30.0 Å². The number of nitrogens with two attached hydrogens (primary N) is 1. The molecule has 29 heavy (non-hydrogen) atoms. The van der Waals surface area contributed by atoms with Gasteiger partial charge in [-0.3, -0.25) is 4.98 Å². The van der Waals surface area contributed by atoms with E-state index in [4.69, 9.17) is 10.5 Å². The van der Waals surface area contributed by atoms with Gasteiger partial charge in [0.15, 0.2) is 5.82 Å². The first-order valence-corrected chi connectivity index (χ1v) is 9.47. The fraction of sp³-hybridized carbons (Fsp3) is 0.286. The molecule has 8 heteroatoms. The third-order valence-electron chi connectivity index (χ3n) is 4.82. The zero-order valence-corrected chi connectivity index (χ0v) is 16.1. The van der Waals surface area contributed by atoms with Crippen molar-refractivity contribution in [2.75, 3.05) is 18.9 Å². The van der Waals surface area contributed by atoms with Crippen LogP contribution in [-0.4, -0.2) is 49.0 Å². The molecule has 4 rings (SSSR count). The van der Waals surface area contributed by atoms with Crippen LogP contribution in [-0.2, 0) is 17.9 Å². The summed E-state index contributed by atoms with van der Waals surface area (Å²) in [6.45, 7) is 2.54. The number of hydrogen-bond acceptors (Lipinski definition) is 7. The van der Waals surface area contributed by atoms with Gasteiger partial charge in [0.1, 0.15) is 17.9 Å². The number of pyridine rings is 2. The fourth-order valence-electron chi connectivity index (χ4n) is 3.44. The maximum atomic E-state index is 10.1. The summed E-state index contributed by atoms with van der Waals surface area (Å²) >= 11 is 0. The maximum absolute atomic E-state index is 10.1. The zero-order chi connectivity index (χ0) is 20.4. The summed E-state index contributed by atoms with van der Waals surface area (Å²) in [5.41, 5.74) is 10.2. The van der Waals surface area contributed by atoms with E-state index in [0.717, 1.165) is 27.5 Å². The topological polar surface area (TPSA) is 119 Å². The second-order valence-electron chi connectivity index (χ2n) is 6.78. The number of hydrogen-bond donors (Lipinski definition) is 3. The van der Waals surface area contributed by atoms with Crippen LogP contribution in [0, 0.1) is 0 Å².